The molecule has 1 aliphatic heterocycles. The van der Waals surface area contributed by atoms with Crippen molar-refractivity contribution < 1.29 is 14.4 Å². The summed E-state index contributed by atoms with van der Waals surface area (Å²) in [6.45, 7) is 2.14. The van der Waals surface area contributed by atoms with Crippen molar-refractivity contribution in [2.24, 2.45) is 5.92 Å². The van der Waals surface area contributed by atoms with E-state index in [1.54, 1.807) is 6.07 Å². The summed E-state index contributed by atoms with van der Waals surface area (Å²) in [7, 11) is 0. The molecular weight excluding hydrogens is 342 g/mol. The first kappa shape index (κ1) is 17.7. The Kier molecular flexibility index (Phi) is 4.99. The molecule has 2 aliphatic rings. The number of hydrazine groups is 1. The summed E-state index contributed by atoms with van der Waals surface area (Å²) >= 11 is 6.07. The number of urea groups is 1. The van der Waals surface area contributed by atoms with E-state index in [0.29, 0.717) is 30.2 Å². The maximum absolute atomic E-state index is 12.7. The maximum atomic E-state index is 12.7. The molecule has 0 aromatic heterocycles. The molecule has 7 heteroatoms. The van der Waals surface area contributed by atoms with Crippen LogP contribution in [0.5, 0.6) is 0 Å². The third kappa shape index (κ3) is 3.63. The SMILES string of the molecule is CC1CCC2(CC1)NC(=O)N(NC(=O)CCc1ccccc1Cl)C2=O. The van der Waals surface area contributed by atoms with Crippen molar-refractivity contribution >= 4 is 29.4 Å². The molecule has 0 atom stereocenters. The predicted octanol–water partition coefficient (Wildman–Crippen LogP) is 2.80. The van der Waals surface area contributed by atoms with Gasteiger partial charge in [-0.25, -0.2) is 4.79 Å². The molecule has 4 amide bonds. The summed E-state index contributed by atoms with van der Waals surface area (Å²) in [5.41, 5.74) is 2.45. The molecule has 2 N–H and O–H groups in total. The van der Waals surface area contributed by atoms with Crippen LogP contribution in [0.15, 0.2) is 24.3 Å². The fourth-order valence-corrected chi connectivity index (χ4v) is 3.68. The topological polar surface area (TPSA) is 78.5 Å². The van der Waals surface area contributed by atoms with Crippen LogP contribution in [-0.4, -0.2) is 28.4 Å². The Bertz CT molecular complexity index is 699. The van der Waals surface area contributed by atoms with Crippen molar-refractivity contribution in [1.29, 1.82) is 0 Å². The van der Waals surface area contributed by atoms with Gasteiger partial charge in [0.25, 0.3) is 5.91 Å². The van der Waals surface area contributed by atoms with Crippen molar-refractivity contribution in [3.63, 3.8) is 0 Å². The standard InChI is InChI=1S/C18H22ClN3O3/c1-12-8-10-18(11-9-12)16(24)22(17(25)20-18)21-15(23)7-6-13-4-2-3-5-14(13)19/h2-5,12H,6-11H2,1H3,(H,20,25)(H,21,23). The minimum atomic E-state index is -0.848. The highest BCUT2D eigenvalue weighted by atomic mass is 35.5. The zero-order chi connectivity index (χ0) is 18.0. The van der Waals surface area contributed by atoms with Crippen LogP contribution in [0.2, 0.25) is 5.02 Å². The van der Waals surface area contributed by atoms with Gasteiger partial charge in [0.1, 0.15) is 5.54 Å². The lowest BCUT2D eigenvalue weighted by molar-refractivity contribution is -0.140. The Balaban J connectivity index is 1.59. The van der Waals surface area contributed by atoms with Gasteiger partial charge in [0.05, 0.1) is 0 Å². The highest BCUT2D eigenvalue weighted by Crippen LogP contribution is 2.35. The second-order valence-electron chi connectivity index (χ2n) is 6.96. The van der Waals surface area contributed by atoms with Crippen LogP contribution in [0, 0.1) is 5.92 Å². The molecule has 2 fully saturated rings. The van der Waals surface area contributed by atoms with Gasteiger partial charge in [-0.05, 0) is 49.7 Å². The maximum Gasteiger partial charge on any atom is 0.344 e. The molecule has 1 heterocycles. The first-order valence-corrected chi connectivity index (χ1v) is 8.99. The molecule has 0 bridgehead atoms. The molecule has 0 radical (unpaired) electrons. The lowest BCUT2D eigenvalue weighted by Crippen LogP contribution is -2.51. The van der Waals surface area contributed by atoms with Crippen LogP contribution < -0.4 is 10.7 Å². The number of benzene rings is 1. The van der Waals surface area contributed by atoms with Gasteiger partial charge in [-0.15, -0.1) is 0 Å². The van der Waals surface area contributed by atoms with Gasteiger partial charge in [0.2, 0.25) is 5.91 Å². The van der Waals surface area contributed by atoms with Crippen molar-refractivity contribution in [3.05, 3.63) is 34.9 Å². The number of halogens is 1. The van der Waals surface area contributed by atoms with Crippen LogP contribution >= 0.6 is 11.6 Å². The molecule has 1 aromatic carbocycles. The fraction of sp³-hybridized carbons (Fsp3) is 0.500. The van der Waals surface area contributed by atoms with Crippen LogP contribution in [0.25, 0.3) is 0 Å². The summed E-state index contributed by atoms with van der Waals surface area (Å²) in [6, 6.07) is 6.74. The minimum Gasteiger partial charge on any atom is -0.322 e. The Morgan fingerprint density at radius 1 is 1.32 bits per heavy atom. The summed E-state index contributed by atoms with van der Waals surface area (Å²) in [6.07, 6.45) is 3.60. The third-order valence-electron chi connectivity index (χ3n) is 5.11. The van der Waals surface area contributed by atoms with E-state index in [9.17, 15) is 14.4 Å². The van der Waals surface area contributed by atoms with Gasteiger partial charge in [0, 0.05) is 11.4 Å². The fourth-order valence-electron chi connectivity index (χ4n) is 3.45. The van der Waals surface area contributed by atoms with Crippen LogP contribution in [0.1, 0.15) is 44.6 Å². The van der Waals surface area contributed by atoms with Gasteiger partial charge in [-0.3, -0.25) is 15.0 Å². The Morgan fingerprint density at radius 2 is 2.00 bits per heavy atom. The molecule has 3 rings (SSSR count). The van der Waals surface area contributed by atoms with Crippen molar-refractivity contribution in [1.82, 2.24) is 15.8 Å². The van der Waals surface area contributed by atoms with Gasteiger partial charge in [0.15, 0.2) is 0 Å². The number of aryl methyl sites for hydroxylation is 1. The summed E-state index contributed by atoms with van der Waals surface area (Å²) in [5.74, 6) is -0.185. The summed E-state index contributed by atoms with van der Waals surface area (Å²) < 4.78 is 0. The number of imide groups is 1. The van der Waals surface area contributed by atoms with E-state index in [4.69, 9.17) is 11.6 Å². The predicted molar refractivity (Wildman–Crippen MR) is 93.7 cm³/mol. The summed E-state index contributed by atoms with van der Waals surface area (Å²) in [5, 5.41) is 4.22. The van der Waals surface area contributed by atoms with Gasteiger partial charge >= 0.3 is 6.03 Å². The molecule has 134 valence electrons. The number of nitrogens with one attached hydrogen (secondary N) is 2. The van der Waals surface area contributed by atoms with Crippen molar-refractivity contribution in [3.8, 4) is 0 Å². The van der Waals surface area contributed by atoms with Crippen LogP contribution in [0.4, 0.5) is 4.79 Å². The zero-order valence-corrected chi connectivity index (χ0v) is 14.9. The molecule has 0 unspecified atom stereocenters. The molecule has 1 aromatic rings. The van der Waals surface area contributed by atoms with E-state index in [1.807, 2.05) is 18.2 Å². The second-order valence-corrected chi connectivity index (χ2v) is 7.37. The Morgan fingerprint density at radius 3 is 2.68 bits per heavy atom. The van der Waals surface area contributed by atoms with Crippen LogP contribution in [0.3, 0.4) is 0 Å². The van der Waals surface area contributed by atoms with E-state index in [-0.39, 0.29) is 18.2 Å². The van der Waals surface area contributed by atoms with Crippen molar-refractivity contribution in [2.75, 3.05) is 0 Å². The summed E-state index contributed by atoms with van der Waals surface area (Å²) in [4.78, 5) is 37.0. The number of nitrogens with zero attached hydrogens (tertiary/aromatic N) is 1. The average molecular weight is 364 g/mol. The molecule has 6 nitrogen and oxygen atoms in total. The Hall–Kier alpha value is -2.08. The molecule has 1 saturated carbocycles. The highest BCUT2D eigenvalue weighted by Gasteiger charge is 2.52. The van der Waals surface area contributed by atoms with E-state index >= 15 is 0 Å². The Labute approximate surface area is 151 Å². The quantitative estimate of drug-likeness (QED) is 0.807. The van der Waals surface area contributed by atoms with Gasteiger partial charge in [-0.2, -0.15) is 5.01 Å². The molecule has 1 aliphatic carbocycles. The largest absolute Gasteiger partial charge is 0.344 e. The number of rotatable bonds is 4. The van der Waals surface area contributed by atoms with E-state index in [2.05, 4.69) is 17.7 Å². The first-order valence-electron chi connectivity index (χ1n) is 8.61. The van der Waals surface area contributed by atoms with E-state index < -0.39 is 11.6 Å². The van der Waals surface area contributed by atoms with Gasteiger partial charge in [-0.1, -0.05) is 36.7 Å². The number of hydrogen-bond donors (Lipinski definition) is 2. The highest BCUT2D eigenvalue weighted by molar-refractivity contribution is 6.31. The third-order valence-corrected chi connectivity index (χ3v) is 5.47. The van der Waals surface area contributed by atoms with Crippen LogP contribution in [-0.2, 0) is 16.0 Å². The molecule has 1 saturated heterocycles. The van der Waals surface area contributed by atoms with Gasteiger partial charge < -0.3 is 5.32 Å². The zero-order valence-electron chi connectivity index (χ0n) is 14.2. The second kappa shape index (κ2) is 7.04. The van der Waals surface area contributed by atoms with E-state index in [1.165, 1.54) is 0 Å². The lowest BCUT2D eigenvalue weighted by Gasteiger charge is -2.33. The van der Waals surface area contributed by atoms with Crippen molar-refractivity contribution in [2.45, 2.75) is 51.0 Å². The molecule has 25 heavy (non-hydrogen) atoms. The molecule has 1 spiro atoms. The normalized spacial score (nSPS) is 26.0. The smallest absolute Gasteiger partial charge is 0.322 e. The first-order chi connectivity index (χ1) is 11.9. The number of amides is 4. The minimum absolute atomic E-state index is 0.144. The number of hydrogen-bond acceptors (Lipinski definition) is 3. The van der Waals surface area contributed by atoms with E-state index in [0.717, 1.165) is 23.4 Å². The number of carbonyl (C=O) groups excluding carboxylic acids is 3. The monoisotopic (exact) mass is 363 g/mol. The number of carbonyl (C=O) groups is 3. The average Bonchev–Trinajstić information content (AvgIpc) is 2.81. The molecular formula is C18H22ClN3O3. The lowest BCUT2D eigenvalue weighted by atomic mass is 9.77.